The van der Waals surface area contributed by atoms with E-state index in [0.717, 1.165) is 22.8 Å². The third-order valence-electron chi connectivity index (χ3n) is 2.44. The molecule has 0 radical (unpaired) electrons. The van der Waals surface area contributed by atoms with E-state index in [1.165, 1.54) is 0 Å². The quantitative estimate of drug-likeness (QED) is 0.722. The highest BCUT2D eigenvalue weighted by Crippen LogP contribution is 2.30. The lowest BCUT2D eigenvalue weighted by Gasteiger charge is -2.06. The van der Waals surface area contributed by atoms with Gasteiger partial charge in [0.1, 0.15) is 11.5 Å². The topological polar surface area (TPSA) is 40.5 Å². The van der Waals surface area contributed by atoms with Gasteiger partial charge in [0, 0.05) is 5.39 Å². The van der Waals surface area contributed by atoms with Crippen molar-refractivity contribution in [2.24, 2.45) is 0 Å². The van der Waals surface area contributed by atoms with Gasteiger partial charge in [-0.3, -0.25) is 0 Å². The van der Waals surface area contributed by atoms with Crippen LogP contribution in [0, 0.1) is 0 Å². The van der Waals surface area contributed by atoms with Gasteiger partial charge in [-0.1, -0.05) is 19.1 Å². The van der Waals surface area contributed by atoms with Crippen molar-refractivity contribution in [3.8, 4) is 11.5 Å². The second kappa shape index (κ2) is 3.22. The summed E-state index contributed by atoms with van der Waals surface area (Å²) < 4.78 is 0. The molecule has 0 atom stereocenters. The molecule has 14 heavy (non-hydrogen) atoms. The molecular weight excluding hydrogens is 176 g/mol. The summed E-state index contributed by atoms with van der Waals surface area (Å²) in [5.41, 5.74) is 0.934. The number of fused-ring (bicyclic) bond motifs is 1. The average molecular weight is 188 g/mol. The lowest BCUT2D eigenvalue weighted by molar-refractivity contribution is 0.473. The molecule has 0 heterocycles. The van der Waals surface area contributed by atoms with Crippen molar-refractivity contribution in [2.45, 2.75) is 13.3 Å². The van der Waals surface area contributed by atoms with Gasteiger partial charge >= 0.3 is 0 Å². The summed E-state index contributed by atoms with van der Waals surface area (Å²) in [6.45, 7) is 2.00. The fraction of sp³-hybridized carbons (Fsp3) is 0.167. The fourth-order valence-electron chi connectivity index (χ4n) is 1.63. The molecule has 0 saturated carbocycles. The summed E-state index contributed by atoms with van der Waals surface area (Å²) >= 11 is 0. The first-order valence-corrected chi connectivity index (χ1v) is 4.66. The Kier molecular flexibility index (Phi) is 2.04. The van der Waals surface area contributed by atoms with E-state index < -0.39 is 0 Å². The molecule has 72 valence electrons. The van der Waals surface area contributed by atoms with E-state index in [0.29, 0.717) is 5.75 Å². The van der Waals surface area contributed by atoms with Gasteiger partial charge in [-0.25, -0.2) is 0 Å². The molecule has 0 spiro atoms. The van der Waals surface area contributed by atoms with E-state index in [4.69, 9.17) is 0 Å². The Morgan fingerprint density at radius 1 is 1.07 bits per heavy atom. The van der Waals surface area contributed by atoms with Crippen LogP contribution in [0.4, 0.5) is 0 Å². The average Bonchev–Trinajstić information content (AvgIpc) is 2.18. The highest BCUT2D eigenvalue weighted by atomic mass is 16.3. The number of rotatable bonds is 1. The summed E-state index contributed by atoms with van der Waals surface area (Å²) in [4.78, 5) is 0. The van der Waals surface area contributed by atoms with Gasteiger partial charge in [-0.05, 0) is 35.6 Å². The molecule has 2 heteroatoms. The van der Waals surface area contributed by atoms with Crippen LogP contribution in [0.15, 0.2) is 30.3 Å². The summed E-state index contributed by atoms with van der Waals surface area (Å²) in [7, 11) is 0. The van der Waals surface area contributed by atoms with E-state index in [1.54, 1.807) is 18.2 Å². The van der Waals surface area contributed by atoms with Crippen LogP contribution in [-0.2, 0) is 6.42 Å². The van der Waals surface area contributed by atoms with Gasteiger partial charge in [-0.2, -0.15) is 0 Å². The molecule has 2 rings (SSSR count). The van der Waals surface area contributed by atoms with Crippen molar-refractivity contribution in [1.29, 1.82) is 0 Å². The molecule has 0 aliphatic carbocycles. The van der Waals surface area contributed by atoms with E-state index in [9.17, 15) is 10.2 Å². The smallest absolute Gasteiger partial charge is 0.126 e. The maximum absolute atomic E-state index is 9.86. The molecule has 0 fully saturated rings. The van der Waals surface area contributed by atoms with E-state index in [1.807, 2.05) is 19.1 Å². The minimum Gasteiger partial charge on any atom is -0.508 e. The number of hydrogen-bond acceptors (Lipinski definition) is 2. The highest BCUT2D eigenvalue weighted by molar-refractivity contribution is 5.90. The molecule has 2 N–H and O–H groups in total. The van der Waals surface area contributed by atoms with Gasteiger partial charge in [0.05, 0.1) is 0 Å². The zero-order valence-electron chi connectivity index (χ0n) is 7.99. The third kappa shape index (κ3) is 1.29. The van der Waals surface area contributed by atoms with Crippen molar-refractivity contribution in [1.82, 2.24) is 0 Å². The number of phenols is 2. The first-order valence-electron chi connectivity index (χ1n) is 4.66. The zero-order chi connectivity index (χ0) is 10.1. The molecule has 0 bridgehead atoms. The van der Waals surface area contributed by atoms with Crippen molar-refractivity contribution in [3.63, 3.8) is 0 Å². The van der Waals surface area contributed by atoms with Gasteiger partial charge in [0.2, 0.25) is 0 Å². The minimum atomic E-state index is 0.223. The molecule has 2 nitrogen and oxygen atoms in total. The monoisotopic (exact) mass is 188 g/mol. The summed E-state index contributed by atoms with van der Waals surface area (Å²) in [5.74, 6) is 0.547. The second-order valence-corrected chi connectivity index (χ2v) is 3.33. The standard InChI is InChI=1S/C12H12O2/c1-2-8-3-4-9-7-10(13)5-6-11(9)12(8)14/h3-7,13-14H,2H2,1H3. The fourth-order valence-corrected chi connectivity index (χ4v) is 1.63. The van der Waals surface area contributed by atoms with Crippen molar-refractivity contribution >= 4 is 10.8 Å². The van der Waals surface area contributed by atoms with Crippen LogP contribution in [-0.4, -0.2) is 10.2 Å². The Balaban J connectivity index is 2.77. The maximum Gasteiger partial charge on any atom is 0.126 e. The summed E-state index contributed by atoms with van der Waals surface area (Å²) in [5, 5.41) is 20.8. The maximum atomic E-state index is 9.86. The van der Waals surface area contributed by atoms with Gasteiger partial charge < -0.3 is 10.2 Å². The van der Waals surface area contributed by atoms with Crippen LogP contribution >= 0.6 is 0 Å². The van der Waals surface area contributed by atoms with Crippen molar-refractivity contribution in [3.05, 3.63) is 35.9 Å². The Morgan fingerprint density at radius 2 is 1.86 bits per heavy atom. The zero-order valence-corrected chi connectivity index (χ0v) is 7.99. The minimum absolute atomic E-state index is 0.223. The molecule has 0 aromatic heterocycles. The van der Waals surface area contributed by atoms with Crippen molar-refractivity contribution < 1.29 is 10.2 Å². The second-order valence-electron chi connectivity index (χ2n) is 3.33. The Bertz CT molecular complexity index is 475. The molecule has 0 amide bonds. The predicted octanol–water partition coefficient (Wildman–Crippen LogP) is 2.81. The van der Waals surface area contributed by atoms with Crippen LogP contribution in [0.25, 0.3) is 10.8 Å². The van der Waals surface area contributed by atoms with Gasteiger partial charge in [0.25, 0.3) is 0 Å². The van der Waals surface area contributed by atoms with Crippen LogP contribution < -0.4 is 0 Å². The summed E-state index contributed by atoms with van der Waals surface area (Å²) in [6.07, 6.45) is 0.808. The number of benzene rings is 2. The Hall–Kier alpha value is -1.70. The van der Waals surface area contributed by atoms with Crippen LogP contribution in [0.1, 0.15) is 12.5 Å². The molecule has 0 unspecified atom stereocenters. The van der Waals surface area contributed by atoms with Crippen LogP contribution in [0.5, 0.6) is 11.5 Å². The number of aryl methyl sites for hydroxylation is 1. The number of phenolic OH excluding ortho intramolecular Hbond substituents is 2. The molecule has 2 aromatic rings. The lowest BCUT2D eigenvalue weighted by atomic mass is 10.0. The van der Waals surface area contributed by atoms with E-state index in [2.05, 4.69) is 0 Å². The van der Waals surface area contributed by atoms with E-state index in [-0.39, 0.29) is 5.75 Å². The molecule has 0 aliphatic rings. The molecule has 2 aromatic carbocycles. The summed E-state index contributed by atoms with van der Waals surface area (Å²) in [6, 6.07) is 8.76. The lowest BCUT2D eigenvalue weighted by Crippen LogP contribution is -1.83. The predicted molar refractivity (Wildman–Crippen MR) is 56.7 cm³/mol. The third-order valence-corrected chi connectivity index (χ3v) is 2.44. The SMILES string of the molecule is CCc1ccc2cc(O)ccc2c1O. The Labute approximate surface area is 82.4 Å². The number of aromatic hydroxyl groups is 2. The first-order chi connectivity index (χ1) is 6.72. The van der Waals surface area contributed by atoms with Gasteiger partial charge in [-0.15, -0.1) is 0 Å². The molecule has 0 aliphatic heterocycles. The first kappa shape index (κ1) is 8.88. The van der Waals surface area contributed by atoms with Crippen LogP contribution in [0.3, 0.4) is 0 Å². The molecule has 0 saturated heterocycles. The van der Waals surface area contributed by atoms with Gasteiger partial charge in [0.15, 0.2) is 0 Å². The molecular formula is C12H12O2. The van der Waals surface area contributed by atoms with Crippen LogP contribution in [0.2, 0.25) is 0 Å². The Morgan fingerprint density at radius 3 is 2.57 bits per heavy atom. The highest BCUT2D eigenvalue weighted by Gasteiger charge is 2.04. The normalized spacial score (nSPS) is 10.6. The van der Waals surface area contributed by atoms with Crippen molar-refractivity contribution in [2.75, 3.05) is 0 Å². The van der Waals surface area contributed by atoms with E-state index >= 15 is 0 Å². The largest absolute Gasteiger partial charge is 0.508 e. The number of hydrogen-bond donors (Lipinski definition) is 2.